The Morgan fingerprint density at radius 3 is 2.62 bits per heavy atom. The maximum atomic E-state index is 12.7. The molecule has 2 fully saturated rings. The maximum Gasteiger partial charge on any atom is 0.309 e. The molecular weight excluding hydrogens is 338 g/mol. The molecule has 0 radical (unpaired) electrons. The molecule has 3 heterocycles. The maximum absolute atomic E-state index is 12.7. The van der Waals surface area contributed by atoms with E-state index in [1.807, 2.05) is 0 Å². The van der Waals surface area contributed by atoms with Crippen molar-refractivity contribution in [3.63, 3.8) is 0 Å². The summed E-state index contributed by atoms with van der Waals surface area (Å²) in [6, 6.07) is 1.68. The topological polar surface area (TPSA) is 104 Å². The standard InChI is InChI=1S/C18H25N3O5/c1-11(2)8-12-9-14(19-26-12)16(23)21-6-4-18(5-7-21)13(17(24)25)10-15(22)20(18)3/h9,11,13H,4-8,10H2,1-3H3,(H,24,25). The Hall–Kier alpha value is -2.38. The van der Waals surface area contributed by atoms with E-state index in [1.165, 1.54) is 0 Å². The van der Waals surface area contributed by atoms with Gasteiger partial charge in [0.1, 0.15) is 5.76 Å². The average Bonchev–Trinajstić information content (AvgIpc) is 3.13. The van der Waals surface area contributed by atoms with Gasteiger partial charge in [-0.3, -0.25) is 14.4 Å². The van der Waals surface area contributed by atoms with Crippen molar-refractivity contribution in [3.05, 3.63) is 17.5 Å². The van der Waals surface area contributed by atoms with Gasteiger partial charge < -0.3 is 19.4 Å². The van der Waals surface area contributed by atoms with E-state index in [9.17, 15) is 19.5 Å². The normalized spacial score (nSPS) is 22.5. The summed E-state index contributed by atoms with van der Waals surface area (Å²) in [5.74, 6) is -0.934. The minimum atomic E-state index is -0.947. The Morgan fingerprint density at radius 2 is 2.04 bits per heavy atom. The number of hydrogen-bond acceptors (Lipinski definition) is 5. The number of carbonyl (C=O) groups excluding carboxylic acids is 2. The molecule has 0 bridgehead atoms. The van der Waals surface area contributed by atoms with Gasteiger partial charge in [0.05, 0.1) is 11.5 Å². The number of aromatic nitrogens is 1. The molecule has 2 aliphatic heterocycles. The van der Waals surface area contributed by atoms with Crippen molar-refractivity contribution in [3.8, 4) is 0 Å². The van der Waals surface area contributed by atoms with E-state index in [4.69, 9.17) is 4.52 Å². The number of hydrogen-bond donors (Lipinski definition) is 1. The summed E-state index contributed by atoms with van der Waals surface area (Å²) in [7, 11) is 1.67. The molecule has 1 aromatic rings. The highest BCUT2D eigenvalue weighted by atomic mass is 16.5. The van der Waals surface area contributed by atoms with Crippen LogP contribution < -0.4 is 0 Å². The van der Waals surface area contributed by atoms with E-state index in [-0.39, 0.29) is 23.9 Å². The molecule has 26 heavy (non-hydrogen) atoms. The molecule has 8 nitrogen and oxygen atoms in total. The summed E-state index contributed by atoms with van der Waals surface area (Å²) in [6.45, 7) is 4.91. The molecule has 2 aliphatic rings. The lowest BCUT2D eigenvalue weighted by Gasteiger charge is -2.45. The number of rotatable bonds is 4. The number of piperidine rings is 1. The lowest BCUT2D eigenvalue weighted by atomic mass is 9.77. The van der Waals surface area contributed by atoms with Crippen LogP contribution in [0.25, 0.3) is 0 Å². The summed E-state index contributed by atoms with van der Waals surface area (Å²) >= 11 is 0. The molecule has 2 amide bonds. The van der Waals surface area contributed by atoms with Gasteiger partial charge >= 0.3 is 5.97 Å². The van der Waals surface area contributed by atoms with Crippen LogP contribution >= 0.6 is 0 Å². The molecule has 2 saturated heterocycles. The average molecular weight is 363 g/mol. The summed E-state index contributed by atoms with van der Waals surface area (Å²) in [5, 5.41) is 13.4. The van der Waals surface area contributed by atoms with Crippen LogP contribution in [0.2, 0.25) is 0 Å². The third-order valence-corrected chi connectivity index (χ3v) is 5.67. The van der Waals surface area contributed by atoms with Crippen molar-refractivity contribution in [1.29, 1.82) is 0 Å². The van der Waals surface area contributed by atoms with Crippen molar-refractivity contribution < 1.29 is 24.0 Å². The molecule has 0 aromatic carbocycles. The fraction of sp³-hybridized carbons (Fsp3) is 0.667. The van der Waals surface area contributed by atoms with Gasteiger partial charge in [0, 0.05) is 39.0 Å². The van der Waals surface area contributed by atoms with Crippen LogP contribution in [0.4, 0.5) is 0 Å². The van der Waals surface area contributed by atoms with Gasteiger partial charge in [-0.05, 0) is 18.8 Å². The Labute approximate surface area is 152 Å². The van der Waals surface area contributed by atoms with Gasteiger partial charge in [-0.1, -0.05) is 19.0 Å². The number of amides is 2. The van der Waals surface area contributed by atoms with Gasteiger partial charge in [-0.2, -0.15) is 0 Å². The summed E-state index contributed by atoms with van der Waals surface area (Å²) < 4.78 is 5.23. The third-order valence-electron chi connectivity index (χ3n) is 5.67. The third kappa shape index (κ3) is 3.08. The van der Waals surface area contributed by atoms with Crippen LogP contribution in [0.1, 0.15) is 49.4 Å². The van der Waals surface area contributed by atoms with E-state index in [2.05, 4.69) is 19.0 Å². The molecule has 3 rings (SSSR count). The number of likely N-dealkylation sites (tertiary alicyclic amines) is 2. The van der Waals surface area contributed by atoms with Gasteiger partial charge in [-0.25, -0.2) is 0 Å². The van der Waals surface area contributed by atoms with Crippen molar-refractivity contribution in [2.45, 2.75) is 45.1 Å². The SMILES string of the molecule is CC(C)Cc1cc(C(=O)N2CCC3(CC2)C(C(=O)O)CC(=O)N3C)no1. The van der Waals surface area contributed by atoms with E-state index < -0.39 is 17.4 Å². The van der Waals surface area contributed by atoms with Crippen LogP contribution in [0.15, 0.2) is 10.6 Å². The highest BCUT2D eigenvalue weighted by molar-refractivity contribution is 5.92. The van der Waals surface area contributed by atoms with Gasteiger partial charge in [0.25, 0.3) is 5.91 Å². The number of carbonyl (C=O) groups is 3. The summed E-state index contributed by atoms with van der Waals surface area (Å²) in [5.41, 5.74) is -0.422. The fourth-order valence-electron chi connectivity index (χ4n) is 4.16. The minimum absolute atomic E-state index is 0.0294. The molecule has 1 spiro atoms. The molecule has 1 aromatic heterocycles. The first kappa shape index (κ1) is 18.4. The summed E-state index contributed by atoms with van der Waals surface area (Å²) in [4.78, 5) is 39.6. The van der Waals surface area contributed by atoms with E-state index in [0.717, 1.165) is 6.42 Å². The number of nitrogens with zero attached hydrogens (tertiary/aromatic N) is 3. The Balaban J connectivity index is 1.69. The first-order valence-corrected chi connectivity index (χ1v) is 8.99. The predicted molar refractivity (Wildman–Crippen MR) is 91.4 cm³/mol. The second-order valence-corrected chi connectivity index (χ2v) is 7.72. The summed E-state index contributed by atoms with van der Waals surface area (Å²) in [6.07, 6.45) is 1.65. The lowest BCUT2D eigenvalue weighted by molar-refractivity contribution is -0.145. The molecule has 0 aliphatic carbocycles. The molecule has 0 saturated carbocycles. The zero-order valence-corrected chi connectivity index (χ0v) is 15.4. The van der Waals surface area contributed by atoms with Crippen LogP contribution in [0.3, 0.4) is 0 Å². The van der Waals surface area contributed by atoms with Crippen LogP contribution in [-0.2, 0) is 16.0 Å². The molecule has 8 heteroatoms. The van der Waals surface area contributed by atoms with Gasteiger partial charge in [0.2, 0.25) is 5.91 Å². The molecule has 1 unspecified atom stereocenters. The van der Waals surface area contributed by atoms with Crippen molar-refractivity contribution in [2.75, 3.05) is 20.1 Å². The number of carboxylic acids is 1. The highest BCUT2D eigenvalue weighted by Crippen LogP contribution is 2.42. The second kappa shape index (κ2) is 6.74. The first-order chi connectivity index (χ1) is 12.2. The predicted octanol–water partition coefficient (Wildman–Crippen LogP) is 1.41. The van der Waals surface area contributed by atoms with Gasteiger partial charge in [0.15, 0.2) is 5.69 Å². The van der Waals surface area contributed by atoms with Crippen LogP contribution in [0, 0.1) is 11.8 Å². The van der Waals surface area contributed by atoms with Gasteiger partial charge in [-0.15, -0.1) is 0 Å². The zero-order valence-electron chi connectivity index (χ0n) is 15.4. The fourth-order valence-corrected chi connectivity index (χ4v) is 4.16. The quantitative estimate of drug-likeness (QED) is 0.867. The minimum Gasteiger partial charge on any atom is -0.481 e. The van der Waals surface area contributed by atoms with Crippen LogP contribution in [0.5, 0.6) is 0 Å². The second-order valence-electron chi connectivity index (χ2n) is 7.72. The Kier molecular flexibility index (Phi) is 4.77. The molecule has 1 N–H and O–H groups in total. The monoisotopic (exact) mass is 363 g/mol. The smallest absolute Gasteiger partial charge is 0.309 e. The van der Waals surface area contributed by atoms with E-state index in [0.29, 0.717) is 37.6 Å². The van der Waals surface area contributed by atoms with Crippen LogP contribution in [-0.4, -0.2) is 63.5 Å². The zero-order chi connectivity index (χ0) is 19.1. The lowest BCUT2D eigenvalue weighted by Crippen LogP contribution is -2.57. The molecular formula is C18H25N3O5. The van der Waals surface area contributed by atoms with E-state index >= 15 is 0 Å². The number of carboxylic acid groups (broad SMARTS) is 1. The Morgan fingerprint density at radius 1 is 1.38 bits per heavy atom. The van der Waals surface area contributed by atoms with Crippen molar-refractivity contribution >= 4 is 17.8 Å². The van der Waals surface area contributed by atoms with Crippen molar-refractivity contribution in [2.24, 2.45) is 11.8 Å². The highest BCUT2D eigenvalue weighted by Gasteiger charge is 2.55. The number of aliphatic carboxylic acids is 1. The molecule has 142 valence electrons. The van der Waals surface area contributed by atoms with E-state index in [1.54, 1.807) is 22.9 Å². The Bertz CT molecular complexity index is 718. The molecule has 1 atom stereocenters. The first-order valence-electron chi connectivity index (χ1n) is 8.99. The van der Waals surface area contributed by atoms with Crippen molar-refractivity contribution in [1.82, 2.24) is 15.0 Å². The largest absolute Gasteiger partial charge is 0.481 e.